The highest BCUT2D eigenvalue weighted by Crippen LogP contribution is 2.14. The minimum atomic E-state index is -0.646. The lowest BCUT2D eigenvalue weighted by Gasteiger charge is -2.26. The van der Waals surface area contributed by atoms with Crippen molar-refractivity contribution in [2.75, 3.05) is 0 Å². The monoisotopic (exact) mass is 369 g/mol. The molecule has 156 valence electrons. The Bertz CT molecular complexity index is 295. The Morgan fingerprint density at radius 2 is 0.962 bits per heavy atom. The molecule has 0 saturated carbocycles. The van der Waals surface area contributed by atoms with Crippen molar-refractivity contribution in [3.63, 3.8) is 0 Å². The van der Waals surface area contributed by atoms with E-state index < -0.39 is 12.5 Å². The first-order valence-corrected chi connectivity index (χ1v) is 11.4. The minimum absolute atomic E-state index is 0.646. The fourth-order valence-corrected chi connectivity index (χ4v) is 3.39. The quantitative estimate of drug-likeness (QED) is 0.196. The van der Waals surface area contributed by atoms with E-state index >= 15 is 0 Å². The van der Waals surface area contributed by atoms with Crippen LogP contribution in [0.25, 0.3) is 0 Å². The normalized spacial score (nSPS) is 14.0. The zero-order valence-corrected chi connectivity index (χ0v) is 18.0. The van der Waals surface area contributed by atoms with Crippen LogP contribution >= 0.6 is 0 Å². The summed E-state index contributed by atoms with van der Waals surface area (Å²) in [5.74, 6) is 0. The van der Waals surface area contributed by atoms with E-state index in [-0.39, 0.29) is 0 Å². The molecule has 0 aliphatic heterocycles. The molecule has 2 N–H and O–H groups in total. The molecule has 0 bridgehead atoms. The molecule has 0 aromatic carbocycles. The van der Waals surface area contributed by atoms with Crippen molar-refractivity contribution in [1.82, 2.24) is 4.90 Å². The van der Waals surface area contributed by atoms with Gasteiger partial charge in [0.15, 0.2) is 0 Å². The van der Waals surface area contributed by atoms with E-state index in [9.17, 15) is 10.2 Å². The van der Waals surface area contributed by atoms with Crippen LogP contribution < -0.4 is 0 Å². The molecule has 0 heterocycles. The van der Waals surface area contributed by atoms with Crippen molar-refractivity contribution in [1.29, 1.82) is 0 Å². The largest absolute Gasteiger partial charge is 0.374 e. The zero-order valence-electron chi connectivity index (χ0n) is 18.0. The Labute approximate surface area is 163 Å². The molecule has 0 fully saturated rings. The van der Waals surface area contributed by atoms with Crippen LogP contribution in [0.2, 0.25) is 0 Å². The molecule has 2 atom stereocenters. The van der Waals surface area contributed by atoms with Crippen LogP contribution in [-0.2, 0) is 0 Å². The molecular weight excluding hydrogens is 322 g/mol. The molecule has 0 rings (SSSR count). The van der Waals surface area contributed by atoms with Crippen molar-refractivity contribution in [3.8, 4) is 0 Å². The summed E-state index contributed by atoms with van der Waals surface area (Å²) in [6.07, 6.45) is 24.4. The first kappa shape index (κ1) is 25.5. The highest BCUT2D eigenvalue weighted by atomic mass is 16.3. The minimum Gasteiger partial charge on any atom is -0.374 e. The van der Waals surface area contributed by atoms with Gasteiger partial charge < -0.3 is 15.1 Å². The summed E-state index contributed by atoms with van der Waals surface area (Å²) in [6, 6.07) is 0. The molecule has 0 aromatic rings. The number of nitrogens with zero attached hydrogens (tertiary/aromatic N) is 1. The lowest BCUT2D eigenvalue weighted by Crippen LogP contribution is -2.35. The van der Waals surface area contributed by atoms with E-state index in [4.69, 9.17) is 0 Å². The number of unbranched alkanes of at least 4 members (excludes halogenated alkanes) is 15. The fourth-order valence-electron chi connectivity index (χ4n) is 3.39. The first-order valence-electron chi connectivity index (χ1n) is 11.4. The van der Waals surface area contributed by atoms with E-state index in [0.717, 1.165) is 6.42 Å². The predicted octanol–water partition coefficient (Wildman–Crippen LogP) is 6.74. The Balaban J connectivity index is 3.27. The first-order chi connectivity index (χ1) is 12.6. The van der Waals surface area contributed by atoms with Crippen LogP contribution in [0.1, 0.15) is 124 Å². The molecule has 0 aromatic heterocycles. The smallest absolute Gasteiger partial charge is 0.125 e. The molecule has 26 heavy (non-hydrogen) atoms. The lowest BCUT2D eigenvalue weighted by atomic mass is 10.0. The van der Waals surface area contributed by atoms with E-state index in [0.29, 0.717) is 0 Å². The summed E-state index contributed by atoms with van der Waals surface area (Å²) in [7, 11) is 0. The van der Waals surface area contributed by atoms with Crippen LogP contribution in [0.15, 0.2) is 12.3 Å². The number of allylic oxidation sites excluding steroid dienone is 1. The van der Waals surface area contributed by atoms with Crippen LogP contribution in [0, 0.1) is 0 Å². The summed E-state index contributed by atoms with van der Waals surface area (Å²) in [5, 5.41) is 19.1. The van der Waals surface area contributed by atoms with Crippen molar-refractivity contribution in [2.24, 2.45) is 0 Å². The van der Waals surface area contributed by atoms with E-state index in [2.05, 4.69) is 13.0 Å². The van der Waals surface area contributed by atoms with Crippen LogP contribution in [0.5, 0.6) is 0 Å². The van der Waals surface area contributed by atoms with Gasteiger partial charge in [-0.05, 0) is 26.7 Å². The topological polar surface area (TPSA) is 43.7 Å². The number of aliphatic hydroxyl groups excluding tert-OH is 2. The number of rotatable bonds is 19. The van der Waals surface area contributed by atoms with Crippen molar-refractivity contribution in [2.45, 2.75) is 136 Å². The van der Waals surface area contributed by atoms with Crippen LogP contribution in [-0.4, -0.2) is 27.6 Å². The molecule has 0 aliphatic carbocycles. The molecule has 3 heteroatoms. The standard InChI is InChI=1S/C23H47NO2/c1-4-5-6-7-8-9-10-11-12-13-14-15-16-17-18-19-20-21-24(22(2)25)23(3)26/h20-23,25-26H,4-19H2,1-3H3. The Hall–Kier alpha value is -0.540. The molecule has 0 amide bonds. The van der Waals surface area contributed by atoms with Crippen LogP contribution in [0.3, 0.4) is 0 Å². The second-order valence-corrected chi connectivity index (χ2v) is 7.83. The molecule has 2 unspecified atom stereocenters. The molecule has 0 spiro atoms. The SMILES string of the molecule is CCCCCCCCCCCCCCCCCC=CN(C(C)O)C(C)O. The third-order valence-corrected chi connectivity index (χ3v) is 5.11. The average Bonchev–Trinajstić information content (AvgIpc) is 2.60. The summed E-state index contributed by atoms with van der Waals surface area (Å²) in [6.45, 7) is 5.62. The number of hydrogen-bond acceptors (Lipinski definition) is 3. The van der Waals surface area contributed by atoms with Gasteiger partial charge in [-0.25, -0.2) is 0 Å². The van der Waals surface area contributed by atoms with E-state index in [1.54, 1.807) is 18.7 Å². The molecule has 0 saturated heterocycles. The van der Waals surface area contributed by atoms with E-state index in [1.165, 1.54) is 96.3 Å². The van der Waals surface area contributed by atoms with Gasteiger partial charge in [0.1, 0.15) is 12.5 Å². The zero-order chi connectivity index (χ0) is 19.5. The number of hydrogen-bond donors (Lipinski definition) is 2. The highest BCUT2D eigenvalue weighted by molar-refractivity contribution is 4.83. The second kappa shape index (κ2) is 19.2. The lowest BCUT2D eigenvalue weighted by molar-refractivity contribution is -0.0513. The van der Waals surface area contributed by atoms with Gasteiger partial charge in [0, 0.05) is 6.20 Å². The fraction of sp³-hybridized carbons (Fsp3) is 0.913. The van der Waals surface area contributed by atoms with Gasteiger partial charge in [-0.15, -0.1) is 0 Å². The number of aliphatic hydroxyl groups is 2. The summed E-state index contributed by atoms with van der Waals surface area (Å²) in [4.78, 5) is 1.56. The Morgan fingerprint density at radius 1 is 0.615 bits per heavy atom. The Morgan fingerprint density at radius 3 is 1.31 bits per heavy atom. The van der Waals surface area contributed by atoms with Gasteiger partial charge in [0.05, 0.1) is 0 Å². The van der Waals surface area contributed by atoms with E-state index in [1.807, 2.05) is 6.20 Å². The highest BCUT2D eigenvalue weighted by Gasteiger charge is 2.10. The Kier molecular flexibility index (Phi) is 18.8. The van der Waals surface area contributed by atoms with Crippen molar-refractivity contribution in [3.05, 3.63) is 12.3 Å². The summed E-state index contributed by atoms with van der Waals surface area (Å²) >= 11 is 0. The van der Waals surface area contributed by atoms with Gasteiger partial charge >= 0.3 is 0 Å². The molecular formula is C23H47NO2. The third kappa shape index (κ3) is 16.9. The van der Waals surface area contributed by atoms with Gasteiger partial charge in [0.2, 0.25) is 0 Å². The van der Waals surface area contributed by atoms with Crippen molar-refractivity contribution >= 4 is 0 Å². The summed E-state index contributed by atoms with van der Waals surface area (Å²) < 4.78 is 0. The maximum atomic E-state index is 9.53. The molecule has 0 radical (unpaired) electrons. The van der Waals surface area contributed by atoms with Gasteiger partial charge in [-0.2, -0.15) is 0 Å². The van der Waals surface area contributed by atoms with Gasteiger partial charge in [0.25, 0.3) is 0 Å². The maximum absolute atomic E-state index is 9.53. The van der Waals surface area contributed by atoms with Gasteiger partial charge in [-0.1, -0.05) is 103 Å². The molecule has 3 nitrogen and oxygen atoms in total. The average molecular weight is 370 g/mol. The maximum Gasteiger partial charge on any atom is 0.125 e. The predicted molar refractivity (Wildman–Crippen MR) is 114 cm³/mol. The van der Waals surface area contributed by atoms with Crippen LogP contribution in [0.4, 0.5) is 0 Å². The van der Waals surface area contributed by atoms with Gasteiger partial charge in [-0.3, -0.25) is 0 Å². The van der Waals surface area contributed by atoms with Crippen molar-refractivity contribution < 1.29 is 10.2 Å². The molecule has 0 aliphatic rings. The second-order valence-electron chi connectivity index (χ2n) is 7.83. The third-order valence-electron chi connectivity index (χ3n) is 5.11. The summed E-state index contributed by atoms with van der Waals surface area (Å²) in [5.41, 5.74) is 0.